The maximum atomic E-state index is 2.55. The third kappa shape index (κ3) is 2.84. The monoisotopic (exact) mass is 159 g/mol. The molecule has 2 heteroatoms. The molecule has 0 spiro atoms. The largest absolute Gasteiger partial charge is 0.325 e. The first-order valence-electron chi connectivity index (χ1n) is 4.12. The minimum atomic E-state index is 0.377. The standard InChI is InChI=1S/C8H21NSi/c1-6-7(2)9(10)8(3,4)5/h7H,6H2,1-5,10H3. The van der Waals surface area contributed by atoms with Crippen LogP contribution in [0.5, 0.6) is 0 Å². The van der Waals surface area contributed by atoms with Gasteiger partial charge in [-0.15, -0.1) is 0 Å². The van der Waals surface area contributed by atoms with Crippen molar-refractivity contribution < 1.29 is 0 Å². The van der Waals surface area contributed by atoms with Crippen LogP contribution in [0.2, 0.25) is 0 Å². The van der Waals surface area contributed by atoms with E-state index in [4.69, 9.17) is 0 Å². The molecule has 10 heavy (non-hydrogen) atoms. The molecule has 62 valence electrons. The van der Waals surface area contributed by atoms with Crippen molar-refractivity contribution in [1.82, 2.24) is 4.57 Å². The van der Waals surface area contributed by atoms with Crippen molar-refractivity contribution in [3.8, 4) is 0 Å². The Morgan fingerprint density at radius 3 is 1.90 bits per heavy atom. The van der Waals surface area contributed by atoms with Crippen LogP contribution < -0.4 is 0 Å². The van der Waals surface area contributed by atoms with Crippen LogP contribution in [-0.4, -0.2) is 26.6 Å². The van der Waals surface area contributed by atoms with Gasteiger partial charge >= 0.3 is 0 Å². The van der Waals surface area contributed by atoms with Gasteiger partial charge in [-0.05, 0) is 33.2 Å². The van der Waals surface area contributed by atoms with Gasteiger partial charge in [0.15, 0.2) is 0 Å². The van der Waals surface area contributed by atoms with Crippen molar-refractivity contribution in [2.75, 3.05) is 0 Å². The fourth-order valence-corrected chi connectivity index (χ4v) is 1.30. The molecule has 0 heterocycles. The lowest BCUT2D eigenvalue weighted by Crippen LogP contribution is -2.44. The summed E-state index contributed by atoms with van der Waals surface area (Å²) in [5.41, 5.74) is 0.377. The van der Waals surface area contributed by atoms with Crippen LogP contribution in [0.3, 0.4) is 0 Å². The van der Waals surface area contributed by atoms with Gasteiger partial charge in [-0.3, -0.25) is 0 Å². The van der Waals surface area contributed by atoms with Gasteiger partial charge in [-0.2, -0.15) is 0 Å². The third-order valence-corrected chi connectivity index (χ3v) is 4.53. The zero-order chi connectivity index (χ0) is 8.36. The van der Waals surface area contributed by atoms with E-state index >= 15 is 0 Å². The zero-order valence-corrected chi connectivity index (χ0v) is 10.2. The van der Waals surface area contributed by atoms with Gasteiger partial charge in [0.25, 0.3) is 0 Å². The van der Waals surface area contributed by atoms with E-state index < -0.39 is 0 Å². The van der Waals surface area contributed by atoms with E-state index in [1.165, 1.54) is 16.8 Å². The summed E-state index contributed by atoms with van der Waals surface area (Å²) >= 11 is 0. The van der Waals surface area contributed by atoms with Gasteiger partial charge in [0, 0.05) is 5.54 Å². The molecule has 0 fully saturated rings. The van der Waals surface area contributed by atoms with Gasteiger partial charge in [0.1, 0.15) is 0 Å². The Morgan fingerprint density at radius 2 is 1.80 bits per heavy atom. The molecule has 0 aromatic carbocycles. The topological polar surface area (TPSA) is 3.24 Å². The summed E-state index contributed by atoms with van der Waals surface area (Å²) in [6.07, 6.45) is 1.26. The van der Waals surface area contributed by atoms with Crippen molar-refractivity contribution in [3.63, 3.8) is 0 Å². The van der Waals surface area contributed by atoms with Gasteiger partial charge in [0.2, 0.25) is 0 Å². The van der Waals surface area contributed by atoms with E-state index in [2.05, 4.69) is 39.2 Å². The molecule has 0 aliphatic rings. The minimum absolute atomic E-state index is 0.377. The summed E-state index contributed by atoms with van der Waals surface area (Å²) in [5, 5.41) is 0. The lowest BCUT2D eigenvalue weighted by Gasteiger charge is -2.37. The van der Waals surface area contributed by atoms with Gasteiger partial charge in [-0.1, -0.05) is 13.8 Å². The van der Waals surface area contributed by atoms with Crippen LogP contribution in [0.25, 0.3) is 0 Å². The second-order valence-corrected chi connectivity index (χ2v) is 5.00. The van der Waals surface area contributed by atoms with Crippen LogP contribution in [0.4, 0.5) is 0 Å². The molecule has 0 aromatic heterocycles. The van der Waals surface area contributed by atoms with Crippen LogP contribution in [-0.2, 0) is 0 Å². The fraction of sp³-hybridized carbons (Fsp3) is 1.00. The summed E-state index contributed by atoms with van der Waals surface area (Å²) in [7, 11) is 1.17. The molecule has 0 bridgehead atoms. The summed E-state index contributed by atoms with van der Waals surface area (Å²) in [5.74, 6) is 0. The molecule has 0 N–H and O–H groups in total. The minimum Gasteiger partial charge on any atom is -0.325 e. The highest BCUT2D eigenvalue weighted by molar-refractivity contribution is 6.05. The number of rotatable bonds is 2. The van der Waals surface area contributed by atoms with Crippen LogP contribution in [0.15, 0.2) is 0 Å². The molecule has 0 aromatic rings. The number of nitrogens with zero attached hydrogens (tertiary/aromatic N) is 1. The van der Waals surface area contributed by atoms with E-state index in [1.54, 1.807) is 0 Å². The molecule has 1 unspecified atom stereocenters. The smallest absolute Gasteiger partial charge is 0.0794 e. The molecule has 0 rings (SSSR count). The number of hydrogen-bond acceptors (Lipinski definition) is 1. The first kappa shape index (κ1) is 10.2. The Kier molecular flexibility index (Phi) is 3.60. The van der Waals surface area contributed by atoms with E-state index in [9.17, 15) is 0 Å². The lowest BCUT2D eigenvalue weighted by atomic mass is 10.1. The highest BCUT2D eigenvalue weighted by Crippen LogP contribution is 2.14. The van der Waals surface area contributed by atoms with Crippen LogP contribution in [0, 0.1) is 0 Å². The molecule has 0 saturated heterocycles. The highest BCUT2D eigenvalue weighted by Gasteiger charge is 2.19. The zero-order valence-electron chi connectivity index (χ0n) is 8.23. The summed E-state index contributed by atoms with van der Waals surface area (Å²) in [6, 6.07) is 0.756. The Labute approximate surface area is 68.3 Å². The quantitative estimate of drug-likeness (QED) is 0.547. The summed E-state index contributed by atoms with van der Waals surface area (Å²) < 4.78 is 2.55. The number of hydrogen-bond donors (Lipinski definition) is 0. The van der Waals surface area contributed by atoms with Crippen molar-refractivity contribution >= 4 is 10.4 Å². The van der Waals surface area contributed by atoms with Crippen molar-refractivity contribution in [2.24, 2.45) is 0 Å². The molecule has 0 aliphatic carbocycles. The Bertz CT molecular complexity index is 95.9. The molecule has 1 atom stereocenters. The van der Waals surface area contributed by atoms with Crippen LogP contribution >= 0.6 is 0 Å². The van der Waals surface area contributed by atoms with E-state index in [0.29, 0.717) is 5.54 Å². The predicted molar refractivity (Wildman–Crippen MR) is 51.3 cm³/mol. The molecule has 1 nitrogen and oxygen atoms in total. The first-order valence-corrected chi connectivity index (χ1v) is 5.02. The van der Waals surface area contributed by atoms with E-state index in [-0.39, 0.29) is 0 Å². The van der Waals surface area contributed by atoms with E-state index in [0.717, 1.165) is 6.04 Å². The maximum Gasteiger partial charge on any atom is 0.0794 e. The summed E-state index contributed by atoms with van der Waals surface area (Å²) in [4.78, 5) is 0. The first-order chi connectivity index (χ1) is 4.39. The van der Waals surface area contributed by atoms with Crippen molar-refractivity contribution in [3.05, 3.63) is 0 Å². The van der Waals surface area contributed by atoms with Gasteiger partial charge in [-0.25, -0.2) is 0 Å². The molecule has 0 radical (unpaired) electrons. The summed E-state index contributed by atoms with van der Waals surface area (Å²) in [6.45, 7) is 11.4. The van der Waals surface area contributed by atoms with E-state index in [1.807, 2.05) is 0 Å². The van der Waals surface area contributed by atoms with Crippen LogP contribution in [0.1, 0.15) is 41.0 Å². The SMILES string of the molecule is CCC(C)N([SiH3])C(C)(C)C. The van der Waals surface area contributed by atoms with Crippen molar-refractivity contribution in [1.29, 1.82) is 0 Å². The maximum absolute atomic E-state index is 2.55. The molecule has 0 saturated carbocycles. The Hall–Kier alpha value is 0.177. The average molecular weight is 159 g/mol. The highest BCUT2D eigenvalue weighted by atomic mass is 28.2. The Balaban J connectivity index is 3.94. The average Bonchev–Trinajstić information content (AvgIpc) is 1.83. The molecule has 0 amide bonds. The normalized spacial score (nSPS) is 16.2. The fourth-order valence-electron chi connectivity index (χ4n) is 0.935. The lowest BCUT2D eigenvalue weighted by molar-refractivity contribution is 0.203. The van der Waals surface area contributed by atoms with Gasteiger partial charge < -0.3 is 4.57 Å². The third-order valence-electron chi connectivity index (χ3n) is 2.31. The molecule has 0 aliphatic heterocycles. The van der Waals surface area contributed by atoms with Crippen molar-refractivity contribution in [2.45, 2.75) is 52.6 Å². The Morgan fingerprint density at radius 1 is 1.40 bits per heavy atom. The predicted octanol–water partition coefficient (Wildman–Crippen LogP) is 1.17. The second kappa shape index (κ2) is 3.53. The molecular formula is C8H21NSi. The molecular weight excluding hydrogens is 138 g/mol. The van der Waals surface area contributed by atoms with Gasteiger partial charge in [0.05, 0.1) is 10.4 Å². The second-order valence-electron chi connectivity index (χ2n) is 4.04.